The summed E-state index contributed by atoms with van der Waals surface area (Å²) >= 11 is 0. The van der Waals surface area contributed by atoms with Crippen LogP contribution in [0, 0.1) is 5.92 Å². The first kappa shape index (κ1) is 8.49. The number of nitrogens with two attached hydrogens (primary N) is 1. The van der Waals surface area contributed by atoms with Gasteiger partial charge in [0.05, 0.1) is 5.92 Å². The van der Waals surface area contributed by atoms with E-state index < -0.39 is 5.97 Å². The van der Waals surface area contributed by atoms with Gasteiger partial charge in [-0.05, 0) is 13.0 Å². The van der Waals surface area contributed by atoms with E-state index >= 15 is 0 Å². The summed E-state index contributed by atoms with van der Waals surface area (Å²) in [5.41, 5.74) is 5.69. The van der Waals surface area contributed by atoms with Crippen molar-refractivity contribution < 1.29 is 9.90 Å². The summed E-state index contributed by atoms with van der Waals surface area (Å²) in [6.45, 7) is 2.52. The zero-order chi connectivity index (χ0) is 8.43. The van der Waals surface area contributed by atoms with Crippen LogP contribution in [0.15, 0.2) is 0 Å². The Labute approximate surface area is 65.8 Å². The van der Waals surface area contributed by atoms with Crippen LogP contribution in [0.3, 0.4) is 0 Å². The lowest BCUT2D eigenvalue weighted by atomic mass is 9.97. The van der Waals surface area contributed by atoms with E-state index in [0.717, 1.165) is 13.0 Å². The fourth-order valence-electron chi connectivity index (χ4n) is 1.45. The highest BCUT2D eigenvalue weighted by molar-refractivity contribution is 5.70. The van der Waals surface area contributed by atoms with Crippen molar-refractivity contribution in [1.29, 1.82) is 0 Å². The molecular formula is C7H14N2O2. The van der Waals surface area contributed by atoms with E-state index in [9.17, 15) is 4.79 Å². The van der Waals surface area contributed by atoms with Gasteiger partial charge in [-0.15, -0.1) is 0 Å². The Kier molecular flexibility index (Phi) is 2.46. The lowest BCUT2D eigenvalue weighted by Crippen LogP contribution is -2.44. The number of hydrogen-bond donors (Lipinski definition) is 3. The number of rotatable bonds is 2. The SMILES string of the molecule is C[C@@H](C(=O)O)C1NCCC1N. The van der Waals surface area contributed by atoms with Crippen molar-refractivity contribution in [1.82, 2.24) is 5.32 Å². The van der Waals surface area contributed by atoms with Gasteiger partial charge in [-0.25, -0.2) is 0 Å². The number of nitrogens with one attached hydrogen (secondary N) is 1. The molecule has 64 valence electrons. The van der Waals surface area contributed by atoms with Gasteiger partial charge >= 0.3 is 5.97 Å². The van der Waals surface area contributed by atoms with Crippen LogP contribution in [0.5, 0.6) is 0 Å². The molecule has 0 amide bonds. The minimum absolute atomic E-state index is 0.00102. The maximum atomic E-state index is 10.5. The number of aliphatic carboxylic acids is 1. The highest BCUT2D eigenvalue weighted by atomic mass is 16.4. The zero-order valence-corrected chi connectivity index (χ0v) is 6.58. The van der Waals surface area contributed by atoms with E-state index in [2.05, 4.69) is 5.32 Å². The third kappa shape index (κ3) is 1.70. The molecule has 3 atom stereocenters. The molecule has 1 aliphatic rings. The third-order valence-corrected chi connectivity index (χ3v) is 2.25. The van der Waals surface area contributed by atoms with E-state index in [-0.39, 0.29) is 18.0 Å². The second-order valence-electron chi connectivity index (χ2n) is 3.06. The van der Waals surface area contributed by atoms with Crippen LogP contribution in [0.4, 0.5) is 0 Å². The van der Waals surface area contributed by atoms with Gasteiger partial charge < -0.3 is 16.2 Å². The minimum atomic E-state index is -0.778. The number of carboxylic acid groups (broad SMARTS) is 1. The molecule has 1 heterocycles. The summed E-state index contributed by atoms with van der Waals surface area (Å²) in [6, 6.07) is -0.0476. The van der Waals surface area contributed by atoms with Crippen LogP contribution in [-0.4, -0.2) is 29.7 Å². The molecule has 1 rings (SSSR count). The average molecular weight is 158 g/mol. The summed E-state index contributed by atoms with van der Waals surface area (Å²) in [5.74, 6) is -1.16. The third-order valence-electron chi connectivity index (χ3n) is 2.25. The van der Waals surface area contributed by atoms with Crippen molar-refractivity contribution in [2.75, 3.05) is 6.54 Å². The van der Waals surface area contributed by atoms with Crippen molar-refractivity contribution in [3.05, 3.63) is 0 Å². The predicted octanol–water partition coefficient (Wildman–Crippen LogP) is -0.604. The Morgan fingerprint density at radius 1 is 1.82 bits per heavy atom. The van der Waals surface area contributed by atoms with Gasteiger partial charge in [-0.3, -0.25) is 4.79 Å². The minimum Gasteiger partial charge on any atom is -0.481 e. The predicted molar refractivity (Wildman–Crippen MR) is 41.2 cm³/mol. The highest BCUT2D eigenvalue weighted by Gasteiger charge is 2.31. The van der Waals surface area contributed by atoms with E-state index in [1.54, 1.807) is 6.92 Å². The van der Waals surface area contributed by atoms with E-state index in [1.165, 1.54) is 0 Å². The normalized spacial score (nSPS) is 33.6. The van der Waals surface area contributed by atoms with Crippen LogP contribution in [-0.2, 0) is 4.79 Å². The van der Waals surface area contributed by atoms with Gasteiger partial charge in [0.2, 0.25) is 0 Å². The molecule has 1 saturated heterocycles. The van der Waals surface area contributed by atoms with Gasteiger partial charge in [0.25, 0.3) is 0 Å². The molecule has 0 bridgehead atoms. The van der Waals surface area contributed by atoms with Crippen molar-refractivity contribution in [2.24, 2.45) is 11.7 Å². The van der Waals surface area contributed by atoms with Gasteiger partial charge in [-0.2, -0.15) is 0 Å². The molecule has 11 heavy (non-hydrogen) atoms. The topological polar surface area (TPSA) is 75.3 Å². The quantitative estimate of drug-likeness (QED) is 0.501. The molecular weight excluding hydrogens is 144 g/mol. The van der Waals surface area contributed by atoms with Crippen molar-refractivity contribution in [3.63, 3.8) is 0 Å². The average Bonchev–Trinajstić information content (AvgIpc) is 2.33. The molecule has 0 aromatic heterocycles. The Bertz CT molecular complexity index is 161. The second-order valence-corrected chi connectivity index (χ2v) is 3.06. The van der Waals surface area contributed by atoms with Crippen LogP contribution in [0.2, 0.25) is 0 Å². The van der Waals surface area contributed by atoms with E-state index in [1.807, 2.05) is 0 Å². The molecule has 4 heteroatoms. The van der Waals surface area contributed by atoms with Crippen molar-refractivity contribution in [3.8, 4) is 0 Å². The molecule has 0 saturated carbocycles. The van der Waals surface area contributed by atoms with Crippen LogP contribution < -0.4 is 11.1 Å². The molecule has 2 unspecified atom stereocenters. The zero-order valence-electron chi connectivity index (χ0n) is 6.58. The van der Waals surface area contributed by atoms with Gasteiger partial charge in [-0.1, -0.05) is 6.92 Å². The molecule has 0 aromatic rings. The highest BCUT2D eigenvalue weighted by Crippen LogP contribution is 2.13. The summed E-state index contributed by atoms with van der Waals surface area (Å²) in [6.07, 6.45) is 0.877. The molecule has 1 aliphatic heterocycles. The Morgan fingerprint density at radius 3 is 2.82 bits per heavy atom. The monoisotopic (exact) mass is 158 g/mol. The van der Waals surface area contributed by atoms with Crippen LogP contribution in [0.25, 0.3) is 0 Å². The molecule has 0 radical (unpaired) electrons. The first-order chi connectivity index (χ1) is 5.13. The molecule has 1 fully saturated rings. The van der Waals surface area contributed by atoms with Crippen molar-refractivity contribution >= 4 is 5.97 Å². The van der Waals surface area contributed by atoms with Gasteiger partial charge in [0.15, 0.2) is 0 Å². The molecule has 0 aromatic carbocycles. The van der Waals surface area contributed by atoms with Gasteiger partial charge in [0, 0.05) is 12.1 Å². The Balaban J connectivity index is 2.52. The Hall–Kier alpha value is -0.610. The summed E-state index contributed by atoms with van der Waals surface area (Å²) < 4.78 is 0. The van der Waals surface area contributed by atoms with E-state index in [4.69, 9.17) is 10.8 Å². The summed E-state index contributed by atoms with van der Waals surface area (Å²) in [7, 11) is 0. The standard InChI is InChI=1S/C7H14N2O2/c1-4(7(10)11)6-5(8)2-3-9-6/h4-6,9H,2-3,8H2,1H3,(H,10,11)/t4-,5?,6?/m1/s1. The largest absolute Gasteiger partial charge is 0.481 e. The number of carbonyl (C=O) groups is 1. The smallest absolute Gasteiger partial charge is 0.307 e. The van der Waals surface area contributed by atoms with Crippen LogP contribution >= 0.6 is 0 Å². The molecule has 0 spiro atoms. The van der Waals surface area contributed by atoms with Crippen molar-refractivity contribution in [2.45, 2.75) is 25.4 Å². The lowest BCUT2D eigenvalue weighted by molar-refractivity contribution is -0.142. The first-order valence-electron chi connectivity index (χ1n) is 3.84. The van der Waals surface area contributed by atoms with E-state index in [0.29, 0.717) is 0 Å². The maximum absolute atomic E-state index is 10.5. The number of hydrogen-bond acceptors (Lipinski definition) is 3. The number of carboxylic acids is 1. The van der Waals surface area contributed by atoms with Gasteiger partial charge in [0.1, 0.15) is 0 Å². The first-order valence-corrected chi connectivity index (χ1v) is 3.84. The molecule has 4 N–H and O–H groups in total. The fourth-order valence-corrected chi connectivity index (χ4v) is 1.45. The molecule has 4 nitrogen and oxygen atoms in total. The summed E-state index contributed by atoms with van der Waals surface area (Å²) in [5, 5.41) is 11.7. The second kappa shape index (κ2) is 3.19. The lowest BCUT2D eigenvalue weighted by Gasteiger charge is -2.19. The van der Waals surface area contributed by atoms with Crippen LogP contribution in [0.1, 0.15) is 13.3 Å². The summed E-state index contributed by atoms with van der Waals surface area (Å²) in [4.78, 5) is 10.5. The maximum Gasteiger partial charge on any atom is 0.307 e. The fraction of sp³-hybridized carbons (Fsp3) is 0.857. The molecule has 0 aliphatic carbocycles. The Morgan fingerprint density at radius 2 is 2.45 bits per heavy atom.